The molecule has 17 heavy (non-hydrogen) atoms. The van der Waals surface area contributed by atoms with Gasteiger partial charge in [0.2, 0.25) is 0 Å². The first-order valence-corrected chi connectivity index (χ1v) is 5.08. The van der Waals surface area contributed by atoms with Gasteiger partial charge in [-0.15, -0.1) is 0 Å². The predicted octanol–water partition coefficient (Wildman–Crippen LogP) is 3.48. The molecule has 1 heterocycles. The second kappa shape index (κ2) is 5.78. The van der Waals surface area contributed by atoms with Gasteiger partial charge in [-0.25, -0.2) is 9.37 Å². The van der Waals surface area contributed by atoms with E-state index in [0.29, 0.717) is 17.0 Å². The molecule has 2 aromatic rings. The van der Waals surface area contributed by atoms with Crippen LogP contribution in [0.4, 0.5) is 4.39 Å². The molecular formula is C13H12FNNiO. The summed E-state index contributed by atoms with van der Waals surface area (Å²) < 4.78 is 13.1. The second-order valence-electron chi connectivity index (χ2n) is 3.58. The van der Waals surface area contributed by atoms with Gasteiger partial charge in [-0.3, -0.25) is 0 Å². The van der Waals surface area contributed by atoms with E-state index in [9.17, 15) is 9.50 Å². The third kappa shape index (κ3) is 3.04. The van der Waals surface area contributed by atoms with Crippen LogP contribution in [0.3, 0.4) is 0 Å². The smallest absolute Gasteiger partial charge is 0.139 e. The van der Waals surface area contributed by atoms with Gasteiger partial charge in [0, 0.05) is 22.1 Å². The summed E-state index contributed by atoms with van der Waals surface area (Å²) in [5.74, 6) is 0.152. The summed E-state index contributed by atoms with van der Waals surface area (Å²) in [6, 6.07) is 12.0. The van der Waals surface area contributed by atoms with Gasteiger partial charge in [-0.2, -0.15) is 0 Å². The van der Waals surface area contributed by atoms with Crippen LogP contribution in [-0.4, -0.2) is 10.1 Å². The number of hydrogen-bond acceptors (Lipinski definition) is 2. The minimum absolute atomic E-state index is 0. The van der Waals surface area contributed by atoms with Gasteiger partial charge in [0.05, 0.1) is 11.4 Å². The fourth-order valence-corrected chi connectivity index (χ4v) is 1.51. The molecule has 4 heteroatoms. The Hall–Kier alpha value is -1.41. The van der Waals surface area contributed by atoms with Gasteiger partial charge >= 0.3 is 0 Å². The summed E-state index contributed by atoms with van der Waals surface area (Å²) in [7, 11) is 0. The van der Waals surface area contributed by atoms with Crippen molar-refractivity contribution in [1.29, 1.82) is 0 Å². The standard InChI is InChI=1S/C13H12FNO.Ni/c1-9(14)11-6-4-7-12(15-11)10-5-2-3-8-13(10)16;/h2-9,16H,1H3;. The van der Waals surface area contributed by atoms with E-state index in [0.717, 1.165) is 0 Å². The number of benzene rings is 1. The van der Waals surface area contributed by atoms with Crippen molar-refractivity contribution in [2.75, 3.05) is 0 Å². The molecule has 0 saturated heterocycles. The molecule has 0 radical (unpaired) electrons. The monoisotopic (exact) mass is 275 g/mol. The number of phenolic OH excluding ortho intramolecular Hbond substituents is 1. The summed E-state index contributed by atoms with van der Waals surface area (Å²) >= 11 is 0. The normalized spacial score (nSPS) is 11.6. The molecule has 1 aromatic heterocycles. The maximum absolute atomic E-state index is 13.1. The Balaban J connectivity index is 0.00000144. The summed E-state index contributed by atoms with van der Waals surface area (Å²) in [6.45, 7) is 1.44. The molecule has 1 N–H and O–H groups in total. The molecule has 0 amide bonds. The Labute approximate surface area is 109 Å². The molecular weight excluding hydrogens is 264 g/mol. The summed E-state index contributed by atoms with van der Waals surface area (Å²) in [4.78, 5) is 4.17. The van der Waals surface area contributed by atoms with E-state index in [1.807, 2.05) is 6.07 Å². The van der Waals surface area contributed by atoms with Crippen molar-refractivity contribution in [2.24, 2.45) is 0 Å². The van der Waals surface area contributed by atoms with Gasteiger partial charge in [-0.1, -0.05) is 18.2 Å². The van der Waals surface area contributed by atoms with Crippen LogP contribution in [0.1, 0.15) is 18.8 Å². The number of halogens is 1. The van der Waals surface area contributed by atoms with Crippen molar-refractivity contribution in [2.45, 2.75) is 13.1 Å². The van der Waals surface area contributed by atoms with Gasteiger partial charge in [0.15, 0.2) is 0 Å². The zero-order chi connectivity index (χ0) is 11.5. The van der Waals surface area contributed by atoms with Crippen molar-refractivity contribution in [3.63, 3.8) is 0 Å². The van der Waals surface area contributed by atoms with Gasteiger partial charge < -0.3 is 5.11 Å². The Bertz CT molecular complexity index is 502. The third-order valence-electron chi connectivity index (χ3n) is 2.36. The molecule has 0 aliphatic rings. The number of rotatable bonds is 2. The van der Waals surface area contributed by atoms with Crippen molar-refractivity contribution in [1.82, 2.24) is 4.98 Å². The zero-order valence-corrected chi connectivity index (χ0v) is 10.2. The molecule has 0 fully saturated rings. The predicted molar refractivity (Wildman–Crippen MR) is 60.9 cm³/mol. The van der Waals surface area contributed by atoms with E-state index in [1.54, 1.807) is 36.4 Å². The van der Waals surface area contributed by atoms with Crippen LogP contribution < -0.4 is 0 Å². The first-order chi connectivity index (χ1) is 7.68. The average Bonchev–Trinajstić information content (AvgIpc) is 2.30. The van der Waals surface area contributed by atoms with Crippen LogP contribution in [0.25, 0.3) is 11.3 Å². The molecule has 2 nitrogen and oxygen atoms in total. The third-order valence-corrected chi connectivity index (χ3v) is 2.36. The molecule has 0 spiro atoms. The van der Waals surface area contributed by atoms with E-state index in [4.69, 9.17) is 0 Å². The number of nitrogens with zero attached hydrogens (tertiary/aromatic N) is 1. The van der Waals surface area contributed by atoms with E-state index in [-0.39, 0.29) is 22.2 Å². The van der Waals surface area contributed by atoms with Crippen molar-refractivity contribution in [3.8, 4) is 17.0 Å². The SMILES string of the molecule is CC(F)c1cccc(-c2ccccc2O)n1.[Ni]. The van der Waals surface area contributed by atoms with Crippen LogP contribution in [-0.2, 0) is 16.5 Å². The molecule has 2 rings (SSSR count). The minimum atomic E-state index is -1.11. The zero-order valence-electron chi connectivity index (χ0n) is 9.21. The van der Waals surface area contributed by atoms with Crippen LogP contribution >= 0.6 is 0 Å². The molecule has 0 aliphatic carbocycles. The quantitative estimate of drug-likeness (QED) is 0.852. The number of aromatic nitrogens is 1. The summed E-state index contributed by atoms with van der Waals surface area (Å²) in [6.07, 6.45) is -1.11. The van der Waals surface area contributed by atoms with E-state index in [1.165, 1.54) is 6.92 Å². The van der Waals surface area contributed by atoms with Crippen molar-refractivity contribution < 1.29 is 26.0 Å². The van der Waals surface area contributed by atoms with Crippen LogP contribution in [0.15, 0.2) is 42.5 Å². The Morgan fingerprint density at radius 2 is 1.82 bits per heavy atom. The van der Waals surface area contributed by atoms with Crippen LogP contribution in [0.5, 0.6) is 5.75 Å². The Morgan fingerprint density at radius 3 is 2.47 bits per heavy atom. The molecule has 1 aromatic carbocycles. The van der Waals surface area contributed by atoms with E-state index >= 15 is 0 Å². The number of aromatic hydroxyl groups is 1. The van der Waals surface area contributed by atoms with Crippen molar-refractivity contribution >= 4 is 0 Å². The number of alkyl halides is 1. The summed E-state index contributed by atoms with van der Waals surface area (Å²) in [5, 5.41) is 9.66. The van der Waals surface area contributed by atoms with Gasteiger partial charge in [0.1, 0.15) is 11.9 Å². The van der Waals surface area contributed by atoms with E-state index < -0.39 is 6.17 Å². The average molecular weight is 276 g/mol. The molecule has 92 valence electrons. The molecule has 1 atom stereocenters. The number of phenols is 1. The molecule has 1 unspecified atom stereocenters. The Kier molecular flexibility index (Phi) is 4.65. The van der Waals surface area contributed by atoms with Crippen LogP contribution in [0, 0.1) is 0 Å². The maximum atomic E-state index is 13.1. The summed E-state index contributed by atoms with van der Waals surface area (Å²) in [5.41, 5.74) is 1.57. The van der Waals surface area contributed by atoms with E-state index in [2.05, 4.69) is 4.98 Å². The molecule has 0 bridgehead atoms. The number of para-hydroxylation sites is 1. The van der Waals surface area contributed by atoms with Crippen molar-refractivity contribution in [3.05, 3.63) is 48.2 Å². The minimum Gasteiger partial charge on any atom is -0.507 e. The molecule has 0 aliphatic heterocycles. The van der Waals surface area contributed by atoms with Gasteiger partial charge in [0.25, 0.3) is 0 Å². The maximum Gasteiger partial charge on any atom is 0.139 e. The van der Waals surface area contributed by atoms with Gasteiger partial charge in [-0.05, 0) is 31.2 Å². The topological polar surface area (TPSA) is 33.1 Å². The first-order valence-electron chi connectivity index (χ1n) is 5.08. The Morgan fingerprint density at radius 1 is 1.12 bits per heavy atom. The fraction of sp³-hybridized carbons (Fsp3) is 0.154. The number of hydrogen-bond donors (Lipinski definition) is 1. The number of pyridine rings is 1. The second-order valence-corrected chi connectivity index (χ2v) is 3.58. The van der Waals surface area contributed by atoms with Crippen LogP contribution in [0.2, 0.25) is 0 Å². The fourth-order valence-electron chi connectivity index (χ4n) is 1.51. The first kappa shape index (κ1) is 13.7. The molecule has 0 saturated carbocycles. The largest absolute Gasteiger partial charge is 0.507 e.